The Morgan fingerprint density at radius 2 is 1.94 bits per heavy atom. The van der Waals surface area contributed by atoms with Crippen molar-refractivity contribution in [3.8, 4) is 0 Å². The molecule has 1 rings (SSSR count). The van der Waals surface area contributed by atoms with Crippen LogP contribution in [0.25, 0.3) is 0 Å². The fourth-order valence-corrected chi connectivity index (χ4v) is 1.75. The molecule has 5 nitrogen and oxygen atoms in total. The molecule has 0 aliphatic rings. The topological polar surface area (TPSA) is 66.8 Å². The van der Waals surface area contributed by atoms with Crippen LogP contribution in [0.3, 0.4) is 0 Å². The monoisotopic (exact) mass is 279 g/mol. The van der Waals surface area contributed by atoms with Crippen LogP contribution in [-0.2, 0) is 20.8 Å². The zero-order valence-corrected chi connectivity index (χ0v) is 10.2. The number of hydrogen-bond donors (Lipinski definition) is 1. The Balaban J connectivity index is 2.97. The summed E-state index contributed by atoms with van der Waals surface area (Å²) in [5, 5.41) is 0. The van der Waals surface area contributed by atoms with Crippen molar-refractivity contribution in [2.24, 2.45) is 0 Å². The molecule has 8 heteroatoms. The SMILES string of the molecule is CCOC(=O)CN(c1cc(F)cc(F)c1)S(=O)O. The molecule has 1 aromatic rings. The van der Waals surface area contributed by atoms with Crippen LogP contribution in [0.15, 0.2) is 18.2 Å². The number of esters is 1. The molecular formula is C10H11F2NO4S. The van der Waals surface area contributed by atoms with Gasteiger partial charge >= 0.3 is 5.97 Å². The molecule has 0 aliphatic heterocycles. The predicted octanol–water partition coefficient (Wildman–Crippen LogP) is 1.47. The van der Waals surface area contributed by atoms with Crippen LogP contribution < -0.4 is 4.31 Å². The van der Waals surface area contributed by atoms with Crippen molar-refractivity contribution in [3.63, 3.8) is 0 Å². The second-order valence-electron chi connectivity index (χ2n) is 3.20. The van der Waals surface area contributed by atoms with E-state index in [2.05, 4.69) is 4.74 Å². The van der Waals surface area contributed by atoms with E-state index < -0.39 is 35.4 Å². The summed E-state index contributed by atoms with van der Waals surface area (Å²) in [5.74, 6) is -2.60. The van der Waals surface area contributed by atoms with E-state index in [0.717, 1.165) is 12.1 Å². The molecule has 1 aromatic carbocycles. The van der Waals surface area contributed by atoms with Gasteiger partial charge in [-0.05, 0) is 19.1 Å². The molecule has 18 heavy (non-hydrogen) atoms. The second kappa shape index (κ2) is 6.41. The minimum atomic E-state index is -2.60. The van der Waals surface area contributed by atoms with Crippen molar-refractivity contribution in [3.05, 3.63) is 29.8 Å². The zero-order valence-electron chi connectivity index (χ0n) is 9.43. The number of rotatable bonds is 5. The molecule has 1 N–H and O–H groups in total. The lowest BCUT2D eigenvalue weighted by molar-refractivity contribution is -0.141. The van der Waals surface area contributed by atoms with Crippen LogP contribution >= 0.6 is 0 Å². The van der Waals surface area contributed by atoms with Crippen LogP contribution in [0.1, 0.15) is 6.92 Å². The van der Waals surface area contributed by atoms with E-state index in [0.29, 0.717) is 10.4 Å². The van der Waals surface area contributed by atoms with Crippen molar-refractivity contribution in [2.75, 3.05) is 17.5 Å². The minimum absolute atomic E-state index is 0.0995. The molecule has 0 spiro atoms. The summed E-state index contributed by atoms with van der Waals surface area (Å²) in [6, 6.07) is 2.30. The van der Waals surface area contributed by atoms with Crippen molar-refractivity contribution in [1.82, 2.24) is 0 Å². The predicted molar refractivity (Wildman–Crippen MR) is 61.1 cm³/mol. The van der Waals surface area contributed by atoms with Gasteiger partial charge in [0.15, 0.2) is 0 Å². The number of ether oxygens (including phenoxy) is 1. The molecule has 1 atom stereocenters. The Labute approximate surface area is 105 Å². The summed E-state index contributed by atoms with van der Waals surface area (Å²) < 4.78 is 51.2. The second-order valence-corrected chi connectivity index (χ2v) is 4.10. The third-order valence-corrected chi connectivity index (χ3v) is 2.62. The molecule has 0 saturated carbocycles. The van der Waals surface area contributed by atoms with Crippen molar-refractivity contribution in [2.45, 2.75) is 6.92 Å². The highest BCUT2D eigenvalue weighted by atomic mass is 32.2. The highest BCUT2D eigenvalue weighted by Crippen LogP contribution is 2.19. The summed E-state index contributed by atoms with van der Waals surface area (Å²) in [7, 11) is 0. The Bertz CT molecular complexity index is 449. The van der Waals surface area contributed by atoms with Gasteiger partial charge in [-0.3, -0.25) is 13.7 Å². The average molecular weight is 279 g/mol. The molecule has 1 unspecified atom stereocenters. The normalized spacial score (nSPS) is 12.0. The smallest absolute Gasteiger partial charge is 0.326 e. The van der Waals surface area contributed by atoms with E-state index >= 15 is 0 Å². The quantitative estimate of drug-likeness (QED) is 0.654. The van der Waals surface area contributed by atoms with Crippen LogP contribution in [-0.4, -0.2) is 27.9 Å². The van der Waals surface area contributed by atoms with E-state index in [1.165, 1.54) is 0 Å². The Kier molecular flexibility index (Phi) is 5.17. The average Bonchev–Trinajstić information content (AvgIpc) is 2.24. The van der Waals surface area contributed by atoms with E-state index in [1.807, 2.05) is 0 Å². The van der Waals surface area contributed by atoms with Crippen molar-refractivity contribution >= 4 is 22.9 Å². The number of carbonyl (C=O) groups is 1. The molecule has 100 valence electrons. The molecule has 0 saturated heterocycles. The fraction of sp³-hybridized carbons (Fsp3) is 0.300. The maximum Gasteiger partial charge on any atom is 0.326 e. The van der Waals surface area contributed by atoms with E-state index in [-0.39, 0.29) is 12.3 Å². The standard InChI is InChI=1S/C10H11F2NO4S/c1-2-17-10(14)6-13(18(15)16)9-4-7(11)3-8(12)5-9/h3-5H,2,6H2,1H3,(H,15,16). The summed E-state index contributed by atoms with van der Waals surface area (Å²) in [5.41, 5.74) is -0.221. The van der Waals surface area contributed by atoms with Crippen molar-refractivity contribution < 1.29 is 27.1 Å². The Hall–Kier alpha value is -1.54. The minimum Gasteiger partial charge on any atom is -0.465 e. The van der Waals surface area contributed by atoms with Gasteiger partial charge in [0, 0.05) is 6.07 Å². The summed E-state index contributed by atoms with van der Waals surface area (Å²) in [4.78, 5) is 11.2. The summed E-state index contributed by atoms with van der Waals surface area (Å²) in [6.45, 7) is 1.09. The first kappa shape index (κ1) is 14.5. The lowest BCUT2D eigenvalue weighted by atomic mass is 10.3. The molecule has 0 aliphatic carbocycles. The molecule has 0 heterocycles. The Morgan fingerprint density at radius 3 is 2.39 bits per heavy atom. The fourth-order valence-electron chi connectivity index (χ4n) is 1.24. The zero-order chi connectivity index (χ0) is 13.7. The van der Waals surface area contributed by atoms with Gasteiger partial charge in [-0.1, -0.05) is 0 Å². The third kappa shape index (κ3) is 4.04. The first-order valence-corrected chi connectivity index (χ1v) is 6.00. The van der Waals surface area contributed by atoms with E-state index in [1.54, 1.807) is 6.92 Å². The molecular weight excluding hydrogens is 268 g/mol. The van der Waals surface area contributed by atoms with Crippen LogP contribution in [0.2, 0.25) is 0 Å². The van der Waals surface area contributed by atoms with Gasteiger partial charge in [0.2, 0.25) is 0 Å². The molecule has 0 bridgehead atoms. The van der Waals surface area contributed by atoms with E-state index in [9.17, 15) is 17.8 Å². The lowest BCUT2D eigenvalue weighted by Crippen LogP contribution is -2.32. The lowest BCUT2D eigenvalue weighted by Gasteiger charge is -2.18. The van der Waals surface area contributed by atoms with Crippen LogP contribution in [0.5, 0.6) is 0 Å². The summed E-state index contributed by atoms with van der Waals surface area (Å²) >= 11 is -2.60. The first-order chi connectivity index (χ1) is 8.43. The van der Waals surface area contributed by atoms with Gasteiger partial charge in [0.05, 0.1) is 12.3 Å². The molecule has 0 fully saturated rings. The molecule has 0 radical (unpaired) electrons. The number of anilines is 1. The number of carbonyl (C=O) groups excluding carboxylic acids is 1. The van der Waals surface area contributed by atoms with Gasteiger partial charge in [0.25, 0.3) is 11.3 Å². The Morgan fingerprint density at radius 1 is 1.39 bits per heavy atom. The molecule has 0 aromatic heterocycles. The third-order valence-electron chi connectivity index (χ3n) is 1.90. The summed E-state index contributed by atoms with van der Waals surface area (Å²) in [6.07, 6.45) is 0. The van der Waals surface area contributed by atoms with Crippen LogP contribution in [0.4, 0.5) is 14.5 Å². The number of benzene rings is 1. The van der Waals surface area contributed by atoms with E-state index in [4.69, 9.17) is 4.55 Å². The van der Waals surface area contributed by atoms with Gasteiger partial charge < -0.3 is 4.74 Å². The molecule has 0 amide bonds. The van der Waals surface area contributed by atoms with Gasteiger partial charge in [0.1, 0.15) is 18.2 Å². The van der Waals surface area contributed by atoms with Gasteiger partial charge in [-0.2, -0.15) is 0 Å². The number of halogens is 2. The van der Waals surface area contributed by atoms with Crippen molar-refractivity contribution in [1.29, 1.82) is 0 Å². The number of hydrogen-bond acceptors (Lipinski definition) is 3. The highest BCUT2D eigenvalue weighted by Gasteiger charge is 2.18. The van der Waals surface area contributed by atoms with Gasteiger partial charge in [-0.15, -0.1) is 0 Å². The number of nitrogens with zero attached hydrogens (tertiary/aromatic N) is 1. The largest absolute Gasteiger partial charge is 0.465 e. The van der Waals surface area contributed by atoms with Gasteiger partial charge in [-0.25, -0.2) is 13.0 Å². The highest BCUT2D eigenvalue weighted by molar-refractivity contribution is 7.80. The maximum absolute atomic E-state index is 13.0. The first-order valence-electron chi connectivity index (χ1n) is 4.94. The maximum atomic E-state index is 13.0. The van der Waals surface area contributed by atoms with Crippen LogP contribution in [0, 0.1) is 11.6 Å².